The molecule has 2 rings (SSSR count). The molecule has 18 heavy (non-hydrogen) atoms. The van der Waals surface area contributed by atoms with Crippen molar-refractivity contribution in [3.05, 3.63) is 36.0 Å². The molecule has 0 aliphatic heterocycles. The molecule has 2 aromatic rings. The number of H-pyrrole nitrogens is 1. The molecule has 0 unspecified atom stereocenters. The summed E-state index contributed by atoms with van der Waals surface area (Å²) in [4.78, 5) is 14.8. The molecule has 0 fully saturated rings. The first kappa shape index (κ1) is 12.6. The first-order chi connectivity index (χ1) is 8.46. The van der Waals surface area contributed by atoms with Gasteiger partial charge in [0.25, 0.3) is 5.91 Å². The van der Waals surface area contributed by atoms with Crippen molar-refractivity contribution in [1.29, 1.82) is 0 Å². The molecule has 0 saturated heterocycles. The van der Waals surface area contributed by atoms with Gasteiger partial charge in [0.1, 0.15) is 9.84 Å². The van der Waals surface area contributed by atoms with Gasteiger partial charge in [0.15, 0.2) is 0 Å². The van der Waals surface area contributed by atoms with Gasteiger partial charge in [0.05, 0.1) is 5.75 Å². The van der Waals surface area contributed by atoms with Crippen molar-refractivity contribution in [2.24, 2.45) is 0 Å². The summed E-state index contributed by atoms with van der Waals surface area (Å²) in [6, 6.07) is 7.17. The van der Waals surface area contributed by atoms with Gasteiger partial charge < -0.3 is 10.3 Å². The number of aromatic amines is 1. The van der Waals surface area contributed by atoms with Gasteiger partial charge in [-0.05, 0) is 24.3 Å². The number of rotatable bonds is 4. The predicted molar refractivity (Wildman–Crippen MR) is 70.3 cm³/mol. The minimum atomic E-state index is -3.05. The average Bonchev–Trinajstić information content (AvgIpc) is 2.73. The van der Waals surface area contributed by atoms with Crippen LogP contribution in [-0.2, 0) is 9.84 Å². The maximum Gasteiger partial charge on any atom is 0.251 e. The van der Waals surface area contributed by atoms with Gasteiger partial charge in [-0.2, -0.15) is 0 Å². The smallest absolute Gasteiger partial charge is 0.251 e. The maximum atomic E-state index is 11.8. The Labute approximate surface area is 105 Å². The molecule has 1 heterocycles. The second-order valence-electron chi connectivity index (χ2n) is 4.17. The lowest BCUT2D eigenvalue weighted by Gasteiger charge is -2.04. The fourth-order valence-electron chi connectivity index (χ4n) is 1.65. The van der Waals surface area contributed by atoms with Gasteiger partial charge in [-0.15, -0.1) is 0 Å². The highest BCUT2D eigenvalue weighted by atomic mass is 32.2. The van der Waals surface area contributed by atoms with Crippen LogP contribution in [0.4, 0.5) is 0 Å². The molecule has 6 heteroatoms. The molecular formula is C12H14N2O3S. The van der Waals surface area contributed by atoms with Crippen molar-refractivity contribution < 1.29 is 13.2 Å². The summed E-state index contributed by atoms with van der Waals surface area (Å²) in [6.07, 6.45) is 2.95. The average molecular weight is 266 g/mol. The number of benzene rings is 1. The molecule has 1 aromatic heterocycles. The highest BCUT2D eigenvalue weighted by molar-refractivity contribution is 7.90. The minimum absolute atomic E-state index is 0.0505. The third kappa shape index (κ3) is 3.10. The number of fused-ring (bicyclic) bond motifs is 1. The Hall–Kier alpha value is -1.82. The van der Waals surface area contributed by atoms with Crippen LogP contribution in [0.5, 0.6) is 0 Å². The van der Waals surface area contributed by atoms with Gasteiger partial charge in [0, 0.05) is 35.5 Å². The standard InChI is InChI=1S/C12H14N2O3S/c1-18(16,17)7-6-14-12(15)10-2-3-11-9(8-10)4-5-13-11/h2-5,8,13H,6-7H2,1H3,(H,14,15). The van der Waals surface area contributed by atoms with Crippen molar-refractivity contribution in [1.82, 2.24) is 10.3 Å². The minimum Gasteiger partial charge on any atom is -0.361 e. The molecule has 1 aromatic carbocycles. The fourth-order valence-corrected chi connectivity index (χ4v) is 2.12. The number of sulfone groups is 1. The molecule has 96 valence electrons. The Balaban J connectivity index is 2.04. The van der Waals surface area contributed by atoms with Crippen LogP contribution in [0.25, 0.3) is 10.9 Å². The van der Waals surface area contributed by atoms with E-state index in [1.807, 2.05) is 12.1 Å². The SMILES string of the molecule is CS(=O)(=O)CCNC(=O)c1ccc2[nH]ccc2c1. The molecule has 0 aliphatic carbocycles. The van der Waals surface area contributed by atoms with Crippen LogP contribution >= 0.6 is 0 Å². The van der Waals surface area contributed by atoms with Gasteiger partial charge in [-0.3, -0.25) is 4.79 Å². The van der Waals surface area contributed by atoms with E-state index in [2.05, 4.69) is 10.3 Å². The first-order valence-corrected chi connectivity index (χ1v) is 7.55. The van der Waals surface area contributed by atoms with Crippen LogP contribution in [0.15, 0.2) is 30.5 Å². The lowest BCUT2D eigenvalue weighted by Crippen LogP contribution is -2.28. The number of carbonyl (C=O) groups is 1. The Morgan fingerprint density at radius 2 is 2.11 bits per heavy atom. The van der Waals surface area contributed by atoms with Gasteiger partial charge in [-0.1, -0.05) is 0 Å². The second kappa shape index (κ2) is 4.81. The van der Waals surface area contributed by atoms with Gasteiger partial charge >= 0.3 is 0 Å². The fraction of sp³-hybridized carbons (Fsp3) is 0.250. The molecule has 0 saturated carbocycles. The number of nitrogens with one attached hydrogen (secondary N) is 2. The summed E-state index contributed by atoms with van der Waals surface area (Å²) in [5, 5.41) is 3.53. The number of aromatic nitrogens is 1. The van der Waals surface area contributed by atoms with E-state index in [1.165, 1.54) is 0 Å². The Bertz CT molecular complexity index is 673. The summed E-state index contributed by atoms with van der Waals surface area (Å²) >= 11 is 0. The Morgan fingerprint density at radius 3 is 2.83 bits per heavy atom. The number of hydrogen-bond acceptors (Lipinski definition) is 3. The van der Waals surface area contributed by atoms with E-state index in [0.717, 1.165) is 17.2 Å². The van der Waals surface area contributed by atoms with Crippen molar-refractivity contribution in [2.45, 2.75) is 0 Å². The summed E-state index contributed by atoms with van der Waals surface area (Å²) in [7, 11) is -3.05. The van der Waals surface area contributed by atoms with Crippen molar-refractivity contribution in [3.63, 3.8) is 0 Å². The lowest BCUT2D eigenvalue weighted by atomic mass is 10.1. The van der Waals surface area contributed by atoms with E-state index >= 15 is 0 Å². The first-order valence-electron chi connectivity index (χ1n) is 5.49. The van der Waals surface area contributed by atoms with Crippen LogP contribution in [0, 0.1) is 0 Å². The van der Waals surface area contributed by atoms with E-state index in [0.29, 0.717) is 5.56 Å². The van der Waals surface area contributed by atoms with E-state index in [1.54, 1.807) is 18.3 Å². The van der Waals surface area contributed by atoms with E-state index < -0.39 is 9.84 Å². The third-order valence-corrected chi connectivity index (χ3v) is 3.52. The van der Waals surface area contributed by atoms with Crippen LogP contribution in [0.3, 0.4) is 0 Å². The third-order valence-electron chi connectivity index (χ3n) is 2.57. The lowest BCUT2D eigenvalue weighted by molar-refractivity contribution is 0.0956. The van der Waals surface area contributed by atoms with Crippen LogP contribution in [0.2, 0.25) is 0 Å². The van der Waals surface area contributed by atoms with Crippen LogP contribution in [-0.4, -0.2) is 37.9 Å². The van der Waals surface area contributed by atoms with Gasteiger partial charge in [0.2, 0.25) is 0 Å². The molecular weight excluding hydrogens is 252 g/mol. The predicted octanol–water partition coefficient (Wildman–Crippen LogP) is 0.942. The van der Waals surface area contributed by atoms with Crippen molar-refractivity contribution in [2.75, 3.05) is 18.6 Å². The topological polar surface area (TPSA) is 79.0 Å². The second-order valence-corrected chi connectivity index (χ2v) is 6.43. The van der Waals surface area contributed by atoms with E-state index in [4.69, 9.17) is 0 Å². The molecule has 1 amide bonds. The summed E-state index contributed by atoms with van der Waals surface area (Å²) in [5.41, 5.74) is 1.48. The maximum absolute atomic E-state index is 11.8. The molecule has 0 aliphatic rings. The molecule has 5 nitrogen and oxygen atoms in total. The number of amides is 1. The number of carbonyl (C=O) groups excluding carboxylic acids is 1. The number of hydrogen-bond donors (Lipinski definition) is 2. The molecule has 0 spiro atoms. The monoisotopic (exact) mass is 266 g/mol. The van der Waals surface area contributed by atoms with Crippen LogP contribution < -0.4 is 5.32 Å². The largest absolute Gasteiger partial charge is 0.361 e. The zero-order valence-corrected chi connectivity index (χ0v) is 10.8. The zero-order chi connectivity index (χ0) is 13.2. The quantitative estimate of drug-likeness (QED) is 0.864. The van der Waals surface area contributed by atoms with Gasteiger partial charge in [-0.25, -0.2) is 8.42 Å². The van der Waals surface area contributed by atoms with E-state index in [9.17, 15) is 13.2 Å². The van der Waals surface area contributed by atoms with E-state index in [-0.39, 0.29) is 18.2 Å². The van der Waals surface area contributed by atoms with Crippen molar-refractivity contribution in [3.8, 4) is 0 Å². The zero-order valence-electron chi connectivity index (χ0n) is 9.93. The Morgan fingerprint density at radius 1 is 1.33 bits per heavy atom. The summed E-state index contributed by atoms with van der Waals surface area (Å²) < 4.78 is 21.9. The highest BCUT2D eigenvalue weighted by Crippen LogP contribution is 2.13. The van der Waals surface area contributed by atoms with Crippen molar-refractivity contribution >= 4 is 26.6 Å². The summed E-state index contributed by atoms with van der Waals surface area (Å²) in [6.45, 7) is 0.128. The summed E-state index contributed by atoms with van der Waals surface area (Å²) in [5.74, 6) is -0.313. The van der Waals surface area contributed by atoms with Crippen LogP contribution in [0.1, 0.15) is 10.4 Å². The molecule has 0 radical (unpaired) electrons. The molecule has 0 atom stereocenters. The highest BCUT2D eigenvalue weighted by Gasteiger charge is 2.08. The Kier molecular flexibility index (Phi) is 3.38. The molecule has 2 N–H and O–H groups in total. The normalized spacial score (nSPS) is 11.6. The molecule has 0 bridgehead atoms.